The van der Waals surface area contributed by atoms with E-state index in [1.54, 1.807) is 0 Å². The van der Waals surface area contributed by atoms with Crippen LogP contribution in [0.25, 0.3) is 0 Å². The number of thioether (sulfide) groups is 1. The first-order valence-corrected chi connectivity index (χ1v) is 9.50. The van der Waals surface area contributed by atoms with Crippen molar-refractivity contribution in [2.24, 2.45) is 0 Å². The summed E-state index contributed by atoms with van der Waals surface area (Å²) < 4.78 is 0. The Morgan fingerprint density at radius 3 is 2.62 bits per heavy atom. The van der Waals surface area contributed by atoms with E-state index in [4.69, 9.17) is 0 Å². The van der Waals surface area contributed by atoms with Crippen LogP contribution in [-0.4, -0.2) is 43.1 Å². The molecular weight excluding hydrogens is 276 g/mol. The zero-order valence-electron chi connectivity index (χ0n) is 14.4. The number of nitrogens with zero attached hydrogens (tertiary/aromatic N) is 1. The Morgan fingerprint density at radius 1 is 1.29 bits per heavy atom. The Balaban J connectivity index is 2.62. The smallest absolute Gasteiger partial charge is 0.0332 e. The standard InChI is InChI=1S/C18H32N2S/c1-6-17(14-21-5)20(4)12-11-18(19-7-2)16-10-8-9-15(3)13-16/h8-10,13,17-19H,6-7,11-12,14H2,1-5H3. The third-order valence-corrected chi connectivity index (χ3v) is 4.84. The molecule has 0 heterocycles. The minimum absolute atomic E-state index is 0.462. The Morgan fingerprint density at radius 2 is 2.05 bits per heavy atom. The summed E-state index contributed by atoms with van der Waals surface area (Å²) in [6, 6.07) is 10.1. The van der Waals surface area contributed by atoms with Gasteiger partial charge in [0.15, 0.2) is 0 Å². The van der Waals surface area contributed by atoms with Crippen molar-refractivity contribution in [3.05, 3.63) is 35.4 Å². The molecule has 1 rings (SSSR count). The lowest BCUT2D eigenvalue weighted by molar-refractivity contribution is 0.241. The van der Waals surface area contributed by atoms with Crippen LogP contribution in [0.5, 0.6) is 0 Å². The highest BCUT2D eigenvalue weighted by Gasteiger charge is 2.15. The number of rotatable bonds is 10. The van der Waals surface area contributed by atoms with Crippen LogP contribution < -0.4 is 5.32 Å². The van der Waals surface area contributed by atoms with Crippen molar-refractivity contribution in [2.45, 2.75) is 45.7 Å². The second-order valence-electron chi connectivity index (χ2n) is 5.81. The van der Waals surface area contributed by atoms with Crippen LogP contribution in [-0.2, 0) is 0 Å². The van der Waals surface area contributed by atoms with Crippen molar-refractivity contribution in [1.29, 1.82) is 0 Å². The summed E-state index contributed by atoms with van der Waals surface area (Å²) in [4.78, 5) is 2.52. The molecule has 0 spiro atoms. The molecule has 0 aliphatic rings. The molecule has 3 heteroatoms. The summed E-state index contributed by atoms with van der Waals surface area (Å²) in [5, 5.41) is 3.64. The van der Waals surface area contributed by atoms with Gasteiger partial charge in [0.1, 0.15) is 0 Å². The summed E-state index contributed by atoms with van der Waals surface area (Å²) in [6.45, 7) is 8.81. The van der Waals surface area contributed by atoms with E-state index in [-0.39, 0.29) is 0 Å². The van der Waals surface area contributed by atoms with Gasteiger partial charge < -0.3 is 10.2 Å². The molecule has 0 amide bonds. The van der Waals surface area contributed by atoms with E-state index >= 15 is 0 Å². The van der Waals surface area contributed by atoms with Crippen molar-refractivity contribution in [3.8, 4) is 0 Å². The van der Waals surface area contributed by atoms with Gasteiger partial charge in [0, 0.05) is 17.8 Å². The summed E-state index contributed by atoms with van der Waals surface area (Å²) >= 11 is 1.95. The average Bonchev–Trinajstić information content (AvgIpc) is 2.48. The highest BCUT2D eigenvalue weighted by Crippen LogP contribution is 2.19. The molecule has 0 bridgehead atoms. The lowest BCUT2D eigenvalue weighted by atomic mass is 10.0. The van der Waals surface area contributed by atoms with E-state index < -0.39 is 0 Å². The second kappa shape index (κ2) is 10.3. The summed E-state index contributed by atoms with van der Waals surface area (Å²) in [7, 11) is 2.27. The lowest BCUT2D eigenvalue weighted by Gasteiger charge is -2.29. The monoisotopic (exact) mass is 308 g/mol. The van der Waals surface area contributed by atoms with E-state index in [1.165, 1.54) is 29.7 Å². The predicted octanol–water partition coefficient (Wildman–Crippen LogP) is 4.11. The van der Waals surface area contributed by atoms with Gasteiger partial charge in [0.25, 0.3) is 0 Å². The molecule has 21 heavy (non-hydrogen) atoms. The third-order valence-electron chi connectivity index (χ3n) is 4.12. The minimum Gasteiger partial charge on any atom is -0.310 e. The fourth-order valence-electron chi connectivity index (χ4n) is 2.78. The number of hydrogen-bond acceptors (Lipinski definition) is 3. The summed E-state index contributed by atoms with van der Waals surface area (Å²) in [5.74, 6) is 1.23. The number of benzene rings is 1. The van der Waals surface area contributed by atoms with Gasteiger partial charge in [-0.25, -0.2) is 0 Å². The molecule has 2 atom stereocenters. The van der Waals surface area contributed by atoms with Gasteiger partial charge in [0.2, 0.25) is 0 Å². The second-order valence-corrected chi connectivity index (χ2v) is 6.72. The average molecular weight is 309 g/mol. The topological polar surface area (TPSA) is 15.3 Å². The molecule has 1 aromatic carbocycles. The van der Waals surface area contributed by atoms with E-state index in [1.807, 2.05) is 11.8 Å². The Bertz CT molecular complexity index is 395. The molecule has 0 saturated heterocycles. The van der Waals surface area contributed by atoms with Crippen LogP contribution in [0.4, 0.5) is 0 Å². The third kappa shape index (κ3) is 6.41. The minimum atomic E-state index is 0.462. The SMILES string of the molecule is CCNC(CCN(C)C(CC)CSC)c1cccc(C)c1. The van der Waals surface area contributed by atoms with Crippen molar-refractivity contribution < 1.29 is 0 Å². The Labute approximate surface area is 135 Å². The maximum Gasteiger partial charge on any atom is 0.0332 e. The first-order valence-electron chi connectivity index (χ1n) is 8.11. The van der Waals surface area contributed by atoms with Crippen molar-refractivity contribution in [1.82, 2.24) is 10.2 Å². The number of aryl methyl sites for hydroxylation is 1. The van der Waals surface area contributed by atoms with Gasteiger partial charge >= 0.3 is 0 Å². The molecule has 0 aromatic heterocycles. The van der Waals surface area contributed by atoms with Crippen LogP contribution in [0.1, 0.15) is 43.9 Å². The lowest BCUT2D eigenvalue weighted by Crippen LogP contribution is -2.36. The molecule has 1 N–H and O–H groups in total. The molecule has 1 aromatic rings. The Hall–Kier alpha value is -0.510. The molecule has 0 aliphatic heterocycles. The van der Waals surface area contributed by atoms with Crippen LogP contribution in [0.15, 0.2) is 24.3 Å². The highest BCUT2D eigenvalue weighted by atomic mass is 32.2. The van der Waals surface area contributed by atoms with Crippen LogP contribution in [0, 0.1) is 6.92 Å². The molecule has 0 saturated carbocycles. The van der Waals surface area contributed by atoms with Gasteiger partial charge in [-0.1, -0.05) is 43.7 Å². The molecule has 120 valence electrons. The van der Waals surface area contributed by atoms with E-state index in [2.05, 4.69) is 68.6 Å². The van der Waals surface area contributed by atoms with Crippen molar-refractivity contribution >= 4 is 11.8 Å². The normalized spacial score (nSPS) is 14.4. The van der Waals surface area contributed by atoms with E-state index in [0.717, 1.165) is 13.1 Å². The zero-order valence-corrected chi connectivity index (χ0v) is 15.2. The highest BCUT2D eigenvalue weighted by molar-refractivity contribution is 7.98. The molecule has 2 unspecified atom stereocenters. The molecule has 0 aliphatic carbocycles. The summed E-state index contributed by atoms with van der Waals surface area (Å²) in [5.41, 5.74) is 2.76. The number of nitrogens with one attached hydrogen (secondary N) is 1. The summed E-state index contributed by atoms with van der Waals surface area (Å²) in [6.07, 6.45) is 4.59. The van der Waals surface area contributed by atoms with Crippen LogP contribution in [0.2, 0.25) is 0 Å². The maximum atomic E-state index is 3.64. The largest absolute Gasteiger partial charge is 0.310 e. The Kier molecular flexibility index (Phi) is 9.05. The molecule has 2 nitrogen and oxygen atoms in total. The quantitative estimate of drug-likeness (QED) is 0.700. The fraction of sp³-hybridized carbons (Fsp3) is 0.667. The van der Waals surface area contributed by atoms with Crippen LogP contribution in [0.3, 0.4) is 0 Å². The first kappa shape index (κ1) is 18.5. The van der Waals surface area contributed by atoms with Crippen LogP contribution >= 0.6 is 11.8 Å². The molecule has 0 radical (unpaired) electrons. The molecular formula is C18H32N2S. The van der Waals surface area contributed by atoms with Crippen molar-refractivity contribution in [2.75, 3.05) is 32.1 Å². The van der Waals surface area contributed by atoms with E-state index in [0.29, 0.717) is 12.1 Å². The van der Waals surface area contributed by atoms with Gasteiger partial charge in [0.05, 0.1) is 0 Å². The van der Waals surface area contributed by atoms with Gasteiger partial charge in [-0.05, 0) is 51.7 Å². The predicted molar refractivity (Wildman–Crippen MR) is 97.3 cm³/mol. The fourth-order valence-corrected chi connectivity index (χ4v) is 3.66. The van der Waals surface area contributed by atoms with Gasteiger partial charge in [-0.3, -0.25) is 0 Å². The molecule has 0 fully saturated rings. The van der Waals surface area contributed by atoms with Gasteiger partial charge in [-0.15, -0.1) is 0 Å². The maximum absolute atomic E-state index is 3.64. The van der Waals surface area contributed by atoms with Crippen molar-refractivity contribution in [3.63, 3.8) is 0 Å². The number of hydrogen-bond donors (Lipinski definition) is 1. The van der Waals surface area contributed by atoms with Gasteiger partial charge in [-0.2, -0.15) is 11.8 Å². The van der Waals surface area contributed by atoms with E-state index in [9.17, 15) is 0 Å². The first-order chi connectivity index (χ1) is 10.1. The zero-order chi connectivity index (χ0) is 15.7.